The smallest absolute Gasteiger partial charge is 0.304 e. The monoisotopic (exact) mass is 317 g/mol. The van der Waals surface area contributed by atoms with E-state index >= 15 is 0 Å². The zero-order valence-corrected chi connectivity index (χ0v) is 16.7. The second-order valence-electron chi connectivity index (χ2n) is 6.48. The van der Waals surface area contributed by atoms with Crippen LogP contribution in [0.3, 0.4) is 0 Å². The zero-order chi connectivity index (χ0) is 15.9. The summed E-state index contributed by atoms with van der Waals surface area (Å²) in [6.45, 7) is 20.8. The standard InChI is InChI=1S/C8H19NSi2.C4H12N2OSi/c1-7-10(8-2)9(3)11(4,5)6;1-8(2,3)6-4(5)7/h7-8,10H,1-2H2,3-6H3;1-3H3,(H3,5,6,7). The van der Waals surface area contributed by atoms with Crippen molar-refractivity contribution in [3.05, 3.63) is 24.6 Å². The maximum atomic E-state index is 10.2. The Labute approximate surface area is 122 Å². The molecule has 0 fully saturated rings. The van der Waals surface area contributed by atoms with Crippen LogP contribution in [0.5, 0.6) is 0 Å². The van der Waals surface area contributed by atoms with E-state index in [0.717, 1.165) is 0 Å². The highest BCUT2D eigenvalue weighted by atomic mass is 28.4. The van der Waals surface area contributed by atoms with E-state index in [0.29, 0.717) is 0 Å². The lowest BCUT2D eigenvalue weighted by atomic mass is 11.2. The van der Waals surface area contributed by atoms with Crippen molar-refractivity contribution in [2.24, 2.45) is 5.73 Å². The molecule has 7 heteroatoms. The Morgan fingerprint density at radius 1 is 1.16 bits per heavy atom. The number of amides is 2. The predicted octanol–water partition coefficient (Wildman–Crippen LogP) is 2.42. The summed E-state index contributed by atoms with van der Waals surface area (Å²) in [4.78, 5) is 12.8. The maximum Gasteiger partial charge on any atom is 0.304 e. The van der Waals surface area contributed by atoms with Crippen molar-refractivity contribution >= 4 is 31.5 Å². The molecule has 3 N–H and O–H groups in total. The summed E-state index contributed by atoms with van der Waals surface area (Å²) in [5.41, 5.74) is 9.01. The van der Waals surface area contributed by atoms with Crippen LogP contribution in [0.4, 0.5) is 4.79 Å². The average molecular weight is 318 g/mol. The second kappa shape index (κ2) is 8.52. The Kier molecular flexibility index (Phi) is 9.27. The Hall–Kier alpha value is -0.639. The molecule has 0 aromatic carbocycles. The number of hydrogen-bond donors (Lipinski definition) is 2. The van der Waals surface area contributed by atoms with Gasteiger partial charge >= 0.3 is 6.03 Å². The van der Waals surface area contributed by atoms with E-state index in [2.05, 4.69) is 60.5 Å². The van der Waals surface area contributed by atoms with Crippen LogP contribution in [0.1, 0.15) is 0 Å². The highest BCUT2D eigenvalue weighted by Gasteiger charge is 2.23. The van der Waals surface area contributed by atoms with Gasteiger partial charge in [-0.2, -0.15) is 0 Å². The summed E-state index contributed by atoms with van der Waals surface area (Å²) in [5, 5.41) is 0. The van der Waals surface area contributed by atoms with Gasteiger partial charge in [-0.1, -0.05) is 50.7 Å². The van der Waals surface area contributed by atoms with E-state index in [1.807, 2.05) is 19.6 Å². The van der Waals surface area contributed by atoms with Gasteiger partial charge in [-0.3, -0.25) is 4.79 Å². The van der Waals surface area contributed by atoms with Gasteiger partial charge < -0.3 is 14.9 Å². The molecule has 0 aromatic heterocycles. The minimum Gasteiger partial charge on any atom is -0.365 e. The highest BCUT2D eigenvalue weighted by molar-refractivity contribution is 6.86. The highest BCUT2D eigenvalue weighted by Crippen LogP contribution is 2.09. The van der Waals surface area contributed by atoms with Crippen molar-refractivity contribution in [3.63, 3.8) is 0 Å². The van der Waals surface area contributed by atoms with Gasteiger partial charge in [-0.25, -0.2) is 0 Å². The molecule has 2 amide bonds. The summed E-state index contributed by atoms with van der Waals surface area (Å²) in [6.07, 6.45) is 0. The number of nitrogens with zero attached hydrogens (tertiary/aromatic N) is 1. The molecule has 0 rings (SSSR count). The lowest BCUT2D eigenvalue weighted by Crippen LogP contribution is -2.50. The largest absolute Gasteiger partial charge is 0.365 e. The Balaban J connectivity index is 0. The SMILES string of the molecule is C=C[SiH](C=C)N(C)[Si](C)(C)C.C[Si](C)(C)NC(N)=O. The van der Waals surface area contributed by atoms with Gasteiger partial charge in [0.1, 0.15) is 16.5 Å². The predicted molar refractivity (Wildman–Crippen MR) is 94.7 cm³/mol. The van der Waals surface area contributed by atoms with Crippen molar-refractivity contribution < 1.29 is 4.79 Å². The third kappa shape index (κ3) is 12.2. The molecule has 0 saturated carbocycles. The number of rotatable bonds is 5. The third-order valence-corrected chi connectivity index (χ3v) is 10.7. The first-order chi connectivity index (χ1) is 8.35. The summed E-state index contributed by atoms with van der Waals surface area (Å²) >= 11 is 0. The first kappa shape index (κ1) is 20.7. The molecule has 0 heterocycles. The topological polar surface area (TPSA) is 58.4 Å². The van der Waals surface area contributed by atoms with Gasteiger partial charge in [0.15, 0.2) is 8.96 Å². The molecule has 0 bridgehead atoms. The third-order valence-electron chi connectivity index (χ3n) is 2.49. The zero-order valence-electron chi connectivity index (χ0n) is 13.6. The van der Waals surface area contributed by atoms with Gasteiger partial charge in [0.05, 0.1) is 0 Å². The Morgan fingerprint density at radius 3 is 1.58 bits per heavy atom. The molecular formula is C12H31N3OSi3. The lowest BCUT2D eigenvalue weighted by Gasteiger charge is -2.33. The number of nitrogens with two attached hydrogens (primary N) is 1. The fourth-order valence-corrected chi connectivity index (χ4v) is 7.00. The second-order valence-corrected chi connectivity index (χ2v) is 19.5. The molecule has 19 heavy (non-hydrogen) atoms. The van der Waals surface area contributed by atoms with E-state index in [1.165, 1.54) is 0 Å². The van der Waals surface area contributed by atoms with E-state index < -0.39 is 31.5 Å². The summed E-state index contributed by atoms with van der Waals surface area (Å²) in [7, 11) is -1.35. The lowest BCUT2D eigenvalue weighted by molar-refractivity contribution is 0.253. The molecule has 0 aromatic rings. The molecular weight excluding hydrogens is 286 g/mol. The molecule has 0 radical (unpaired) electrons. The normalized spacial score (nSPS) is 11.6. The quantitative estimate of drug-likeness (QED) is 0.765. The minimum absolute atomic E-state index is 0.413. The molecule has 0 saturated heterocycles. The number of carbonyl (C=O) groups excluding carboxylic acids is 1. The Morgan fingerprint density at radius 2 is 1.53 bits per heavy atom. The van der Waals surface area contributed by atoms with Gasteiger partial charge in [-0.05, 0) is 7.05 Å². The first-order valence-electron chi connectivity index (χ1n) is 6.40. The number of urea groups is 1. The summed E-state index contributed by atoms with van der Waals surface area (Å²) in [5.74, 6) is 0. The summed E-state index contributed by atoms with van der Waals surface area (Å²) < 4.78 is 2.51. The van der Waals surface area contributed by atoms with E-state index in [1.54, 1.807) is 0 Å². The van der Waals surface area contributed by atoms with Crippen LogP contribution >= 0.6 is 0 Å². The Bertz CT molecular complexity index is 300. The fraction of sp³-hybridized carbons (Fsp3) is 0.583. The molecule has 4 nitrogen and oxygen atoms in total. The van der Waals surface area contributed by atoms with E-state index in [9.17, 15) is 4.79 Å². The number of primary amides is 1. The summed E-state index contributed by atoms with van der Waals surface area (Å²) in [6, 6.07) is -0.413. The van der Waals surface area contributed by atoms with Crippen molar-refractivity contribution in [1.82, 2.24) is 9.21 Å². The van der Waals surface area contributed by atoms with Crippen LogP contribution in [0, 0.1) is 0 Å². The van der Waals surface area contributed by atoms with E-state index in [4.69, 9.17) is 5.73 Å². The molecule has 0 atom stereocenters. The van der Waals surface area contributed by atoms with Crippen LogP contribution in [0.2, 0.25) is 39.3 Å². The van der Waals surface area contributed by atoms with Gasteiger partial charge in [0, 0.05) is 0 Å². The van der Waals surface area contributed by atoms with Gasteiger partial charge in [0.25, 0.3) is 0 Å². The van der Waals surface area contributed by atoms with Crippen molar-refractivity contribution in [3.8, 4) is 0 Å². The minimum atomic E-state index is -1.44. The number of nitrogens with one attached hydrogen (secondary N) is 1. The number of carbonyl (C=O) groups is 1. The fourth-order valence-electron chi connectivity index (χ4n) is 1.23. The van der Waals surface area contributed by atoms with Crippen molar-refractivity contribution in [2.45, 2.75) is 39.3 Å². The van der Waals surface area contributed by atoms with Crippen LogP contribution in [0.15, 0.2) is 24.6 Å². The van der Waals surface area contributed by atoms with Gasteiger partial charge in [0.2, 0.25) is 0 Å². The molecule has 0 aliphatic heterocycles. The molecule has 0 aliphatic carbocycles. The van der Waals surface area contributed by atoms with Crippen molar-refractivity contribution in [2.75, 3.05) is 7.05 Å². The maximum absolute atomic E-state index is 10.2. The van der Waals surface area contributed by atoms with Crippen LogP contribution < -0.4 is 10.7 Å². The molecule has 0 aliphatic rings. The molecule has 0 unspecified atom stereocenters. The van der Waals surface area contributed by atoms with E-state index in [-0.39, 0.29) is 0 Å². The van der Waals surface area contributed by atoms with Crippen molar-refractivity contribution in [1.29, 1.82) is 0 Å². The van der Waals surface area contributed by atoms with Gasteiger partial charge in [-0.15, -0.1) is 13.2 Å². The molecule has 0 spiro atoms. The van der Waals surface area contributed by atoms with Crippen LogP contribution in [0.25, 0.3) is 0 Å². The number of hydrogen-bond acceptors (Lipinski definition) is 2. The van der Waals surface area contributed by atoms with Crippen LogP contribution in [-0.2, 0) is 0 Å². The average Bonchev–Trinajstić information content (AvgIpc) is 2.14. The first-order valence-corrected chi connectivity index (χ1v) is 15.2. The molecule has 112 valence electrons. The van der Waals surface area contributed by atoms with Crippen LogP contribution in [-0.4, -0.2) is 42.7 Å².